The van der Waals surface area contributed by atoms with Crippen molar-refractivity contribution in [1.82, 2.24) is 19.7 Å². The van der Waals surface area contributed by atoms with Gasteiger partial charge in [0.2, 0.25) is 0 Å². The van der Waals surface area contributed by atoms with Crippen LogP contribution in [-0.4, -0.2) is 25.7 Å². The molecule has 3 heterocycles. The fraction of sp³-hybridized carbons (Fsp3) is 0.0526. The molecule has 0 atom stereocenters. The quantitative estimate of drug-likeness (QED) is 0.625. The minimum absolute atomic E-state index is 0.248. The first-order valence-electron chi connectivity index (χ1n) is 7.85. The molecule has 0 aliphatic rings. The van der Waals surface area contributed by atoms with Crippen molar-refractivity contribution in [3.05, 3.63) is 78.2 Å². The maximum atomic E-state index is 12.6. The van der Waals surface area contributed by atoms with Gasteiger partial charge in [0, 0.05) is 11.6 Å². The van der Waals surface area contributed by atoms with Gasteiger partial charge in [0.25, 0.3) is 5.91 Å². The number of anilines is 1. The lowest BCUT2D eigenvalue weighted by Crippen LogP contribution is -2.14. The SMILES string of the molecule is Cc1c(C(=O)Nc2ccc3ccccc3n2)cnn1-c1ccccn1. The standard InChI is InChI=1S/C19H15N5O/c1-13-15(12-21-24(13)18-8-4-5-11-20-18)19(25)23-17-10-9-14-6-2-3-7-16(14)22-17/h2-12H,1H3,(H,22,23,25). The molecule has 0 bridgehead atoms. The van der Waals surface area contributed by atoms with Crippen LogP contribution in [-0.2, 0) is 0 Å². The fourth-order valence-electron chi connectivity index (χ4n) is 2.66. The van der Waals surface area contributed by atoms with Gasteiger partial charge >= 0.3 is 0 Å². The van der Waals surface area contributed by atoms with Crippen molar-refractivity contribution in [2.45, 2.75) is 6.92 Å². The summed E-state index contributed by atoms with van der Waals surface area (Å²) < 4.78 is 1.64. The van der Waals surface area contributed by atoms with Gasteiger partial charge in [0.15, 0.2) is 5.82 Å². The van der Waals surface area contributed by atoms with E-state index in [0.717, 1.165) is 16.6 Å². The molecule has 122 valence electrons. The van der Waals surface area contributed by atoms with Crippen molar-refractivity contribution in [3.8, 4) is 5.82 Å². The second kappa shape index (κ2) is 6.16. The molecular weight excluding hydrogens is 314 g/mol. The molecule has 1 amide bonds. The first-order valence-corrected chi connectivity index (χ1v) is 7.85. The van der Waals surface area contributed by atoms with Crippen LogP contribution in [0.1, 0.15) is 16.1 Å². The zero-order chi connectivity index (χ0) is 17.2. The van der Waals surface area contributed by atoms with Crippen molar-refractivity contribution < 1.29 is 4.79 Å². The maximum Gasteiger partial charge on any atom is 0.260 e. The lowest BCUT2D eigenvalue weighted by Gasteiger charge is -2.06. The zero-order valence-corrected chi connectivity index (χ0v) is 13.5. The number of carbonyl (C=O) groups is 1. The number of hydrogen-bond acceptors (Lipinski definition) is 4. The van der Waals surface area contributed by atoms with Gasteiger partial charge in [-0.15, -0.1) is 0 Å². The van der Waals surface area contributed by atoms with Crippen molar-refractivity contribution in [2.75, 3.05) is 5.32 Å². The molecule has 6 heteroatoms. The Bertz CT molecular complexity index is 1060. The summed E-state index contributed by atoms with van der Waals surface area (Å²) in [6.07, 6.45) is 3.23. The van der Waals surface area contributed by atoms with Crippen LogP contribution in [0.25, 0.3) is 16.7 Å². The predicted molar refractivity (Wildman–Crippen MR) is 95.8 cm³/mol. The van der Waals surface area contributed by atoms with Gasteiger partial charge in [0.1, 0.15) is 5.82 Å². The minimum atomic E-state index is -0.248. The summed E-state index contributed by atoms with van der Waals surface area (Å²) in [6, 6.07) is 17.0. The molecule has 6 nitrogen and oxygen atoms in total. The molecule has 4 aromatic rings. The maximum absolute atomic E-state index is 12.6. The van der Waals surface area contributed by atoms with Crippen LogP contribution in [0.2, 0.25) is 0 Å². The molecule has 0 radical (unpaired) electrons. The second-order valence-electron chi connectivity index (χ2n) is 5.59. The molecule has 0 unspecified atom stereocenters. The highest BCUT2D eigenvalue weighted by atomic mass is 16.1. The molecule has 0 aliphatic heterocycles. The predicted octanol–water partition coefficient (Wildman–Crippen LogP) is 3.38. The van der Waals surface area contributed by atoms with Crippen LogP contribution in [0.4, 0.5) is 5.82 Å². The van der Waals surface area contributed by atoms with Crippen LogP contribution < -0.4 is 5.32 Å². The van der Waals surface area contributed by atoms with Gasteiger partial charge < -0.3 is 5.32 Å². The lowest BCUT2D eigenvalue weighted by atomic mass is 10.2. The van der Waals surface area contributed by atoms with E-state index < -0.39 is 0 Å². The Kier molecular flexibility index (Phi) is 3.70. The van der Waals surface area contributed by atoms with Crippen molar-refractivity contribution in [3.63, 3.8) is 0 Å². The van der Waals surface area contributed by atoms with E-state index in [1.54, 1.807) is 23.1 Å². The topological polar surface area (TPSA) is 72.7 Å². The monoisotopic (exact) mass is 329 g/mol. The summed E-state index contributed by atoms with van der Waals surface area (Å²) in [7, 11) is 0. The molecule has 3 aromatic heterocycles. The Labute approximate surface area is 144 Å². The fourth-order valence-corrected chi connectivity index (χ4v) is 2.66. The third-order valence-corrected chi connectivity index (χ3v) is 3.96. The van der Waals surface area contributed by atoms with E-state index in [9.17, 15) is 4.79 Å². The normalized spacial score (nSPS) is 10.8. The number of amides is 1. The molecule has 0 aliphatic carbocycles. The Morgan fingerprint density at radius 3 is 2.72 bits per heavy atom. The highest BCUT2D eigenvalue weighted by Crippen LogP contribution is 2.17. The summed E-state index contributed by atoms with van der Waals surface area (Å²) in [5, 5.41) is 8.13. The average Bonchev–Trinajstić information content (AvgIpc) is 3.04. The molecule has 4 rings (SSSR count). The summed E-state index contributed by atoms with van der Waals surface area (Å²) in [6.45, 7) is 1.84. The van der Waals surface area contributed by atoms with E-state index in [-0.39, 0.29) is 5.91 Å². The van der Waals surface area contributed by atoms with E-state index >= 15 is 0 Å². The van der Waals surface area contributed by atoms with Crippen LogP contribution >= 0.6 is 0 Å². The number of hydrogen-bond donors (Lipinski definition) is 1. The van der Waals surface area contributed by atoms with Gasteiger partial charge in [-0.3, -0.25) is 4.79 Å². The second-order valence-corrected chi connectivity index (χ2v) is 5.59. The highest BCUT2D eigenvalue weighted by Gasteiger charge is 2.16. The largest absolute Gasteiger partial charge is 0.306 e. The number of pyridine rings is 2. The number of carbonyl (C=O) groups excluding carboxylic acids is 1. The van der Waals surface area contributed by atoms with Crippen molar-refractivity contribution in [1.29, 1.82) is 0 Å². The zero-order valence-electron chi connectivity index (χ0n) is 13.5. The number of nitrogens with one attached hydrogen (secondary N) is 1. The van der Waals surface area contributed by atoms with Gasteiger partial charge in [-0.1, -0.05) is 24.3 Å². The summed E-state index contributed by atoms with van der Waals surface area (Å²) in [4.78, 5) is 21.3. The molecule has 0 spiro atoms. The van der Waals surface area contributed by atoms with Crippen LogP contribution in [0.3, 0.4) is 0 Å². The van der Waals surface area contributed by atoms with Gasteiger partial charge in [-0.2, -0.15) is 5.10 Å². The minimum Gasteiger partial charge on any atom is -0.306 e. The summed E-state index contributed by atoms with van der Waals surface area (Å²) in [5.74, 6) is 0.930. The molecule has 0 saturated carbocycles. The van der Waals surface area contributed by atoms with E-state index in [2.05, 4.69) is 20.4 Å². The molecule has 0 saturated heterocycles. The third-order valence-electron chi connectivity index (χ3n) is 3.96. The molecule has 1 N–H and O–H groups in total. The van der Waals surface area contributed by atoms with E-state index in [1.807, 2.05) is 55.5 Å². The Balaban J connectivity index is 1.61. The first-order chi connectivity index (χ1) is 12.2. The van der Waals surface area contributed by atoms with Crippen LogP contribution in [0, 0.1) is 6.92 Å². The summed E-state index contributed by atoms with van der Waals surface area (Å²) in [5.41, 5.74) is 2.04. The number of fused-ring (bicyclic) bond motifs is 1. The average molecular weight is 329 g/mol. The number of para-hydroxylation sites is 1. The first kappa shape index (κ1) is 15.0. The number of aromatic nitrogens is 4. The summed E-state index contributed by atoms with van der Waals surface area (Å²) >= 11 is 0. The van der Waals surface area contributed by atoms with E-state index in [1.165, 1.54) is 0 Å². The van der Waals surface area contributed by atoms with Gasteiger partial charge in [-0.05, 0) is 37.3 Å². The number of nitrogens with zero attached hydrogens (tertiary/aromatic N) is 4. The number of benzene rings is 1. The molecular formula is C19H15N5O. The van der Waals surface area contributed by atoms with Crippen molar-refractivity contribution >= 4 is 22.6 Å². The van der Waals surface area contributed by atoms with Crippen LogP contribution in [0.5, 0.6) is 0 Å². The third kappa shape index (κ3) is 2.85. The lowest BCUT2D eigenvalue weighted by molar-refractivity contribution is 0.102. The Morgan fingerprint density at radius 2 is 1.88 bits per heavy atom. The molecule has 25 heavy (non-hydrogen) atoms. The Morgan fingerprint density at radius 1 is 1.04 bits per heavy atom. The van der Waals surface area contributed by atoms with Crippen LogP contribution in [0.15, 0.2) is 67.0 Å². The Hall–Kier alpha value is -3.54. The van der Waals surface area contributed by atoms with Gasteiger partial charge in [0.05, 0.1) is 23.0 Å². The highest BCUT2D eigenvalue weighted by molar-refractivity contribution is 6.04. The number of rotatable bonds is 3. The van der Waals surface area contributed by atoms with Crippen molar-refractivity contribution in [2.24, 2.45) is 0 Å². The smallest absolute Gasteiger partial charge is 0.260 e. The molecule has 0 fully saturated rings. The molecule has 1 aromatic carbocycles. The van der Waals surface area contributed by atoms with Gasteiger partial charge in [-0.25, -0.2) is 14.6 Å². The van der Waals surface area contributed by atoms with E-state index in [4.69, 9.17) is 0 Å². The van der Waals surface area contributed by atoms with E-state index in [0.29, 0.717) is 17.2 Å².